The van der Waals surface area contributed by atoms with Gasteiger partial charge < -0.3 is 10.7 Å². The molecule has 106 valence electrons. The number of rotatable bonds is 3. The van der Waals surface area contributed by atoms with Crippen molar-refractivity contribution in [1.82, 2.24) is 4.98 Å². The molecule has 6 nitrogen and oxygen atoms in total. The third kappa shape index (κ3) is 3.25. The number of nitrogen functional groups attached to an aromatic ring is 1. The van der Waals surface area contributed by atoms with Gasteiger partial charge in [0.1, 0.15) is 23.4 Å². The Hall–Kier alpha value is -2.69. The lowest BCUT2D eigenvalue weighted by Gasteiger charge is -2.08. The summed E-state index contributed by atoms with van der Waals surface area (Å²) in [6, 6.07) is 8.28. The van der Waals surface area contributed by atoms with Gasteiger partial charge in [-0.15, -0.1) is 0 Å². The van der Waals surface area contributed by atoms with E-state index in [1.54, 1.807) is 6.07 Å². The average molecular weight is 306 g/mol. The number of anilines is 2. The molecule has 0 atom stereocenters. The molecule has 1 heterocycles. The van der Waals surface area contributed by atoms with Crippen LogP contribution in [0.1, 0.15) is 16.1 Å². The van der Waals surface area contributed by atoms with Crippen molar-refractivity contribution >= 4 is 29.0 Å². The van der Waals surface area contributed by atoms with E-state index in [1.807, 2.05) is 0 Å². The first-order valence-electron chi connectivity index (χ1n) is 5.69. The van der Waals surface area contributed by atoms with Gasteiger partial charge in [-0.1, -0.05) is 11.6 Å². The molecule has 0 spiro atoms. The Kier molecular flexibility index (Phi) is 4.33. The summed E-state index contributed by atoms with van der Waals surface area (Å²) in [6.45, 7) is 0. The topological polar surface area (TPSA) is 104 Å². The summed E-state index contributed by atoms with van der Waals surface area (Å²) < 4.78 is 13.2. The summed E-state index contributed by atoms with van der Waals surface area (Å²) >= 11 is 5.89. The molecule has 8 heteroatoms. The SMILES string of the molecule is N#Cc1cc(NC(=O)c2nc(NN)ccc2Cl)ccc1F. The zero-order valence-corrected chi connectivity index (χ0v) is 11.3. The number of carbonyl (C=O) groups is 1. The number of aromatic nitrogens is 1. The van der Waals surface area contributed by atoms with Crippen LogP contribution in [0.5, 0.6) is 0 Å². The molecule has 0 aliphatic rings. The Bertz CT molecular complexity index is 744. The van der Waals surface area contributed by atoms with Crippen molar-refractivity contribution in [3.05, 3.63) is 52.4 Å². The second-order valence-electron chi connectivity index (χ2n) is 3.93. The maximum atomic E-state index is 13.2. The smallest absolute Gasteiger partial charge is 0.275 e. The van der Waals surface area contributed by atoms with Gasteiger partial charge in [0.15, 0.2) is 0 Å². The second-order valence-corrected chi connectivity index (χ2v) is 4.34. The van der Waals surface area contributed by atoms with E-state index in [4.69, 9.17) is 22.7 Å². The summed E-state index contributed by atoms with van der Waals surface area (Å²) in [5, 5.41) is 11.4. The number of hydrazine groups is 1. The highest BCUT2D eigenvalue weighted by atomic mass is 35.5. The molecule has 1 aromatic heterocycles. The van der Waals surface area contributed by atoms with Crippen LogP contribution in [0.2, 0.25) is 5.02 Å². The van der Waals surface area contributed by atoms with Gasteiger partial charge in [-0.2, -0.15) is 5.26 Å². The van der Waals surface area contributed by atoms with Crippen molar-refractivity contribution in [3.63, 3.8) is 0 Å². The number of nitrogens with two attached hydrogens (primary N) is 1. The van der Waals surface area contributed by atoms with Crippen LogP contribution >= 0.6 is 11.6 Å². The number of pyridine rings is 1. The Morgan fingerprint density at radius 1 is 1.38 bits per heavy atom. The van der Waals surface area contributed by atoms with Crippen LogP contribution in [0.25, 0.3) is 0 Å². The Labute approximate surface area is 124 Å². The molecule has 0 bridgehead atoms. The van der Waals surface area contributed by atoms with E-state index in [0.717, 1.165) is 6.07 Å². The lowest BCUT2D eigenvalue weighted by atomic mass is 10.2. The quantitative estimate of drug-likeness (QED) is 0.596. The highest BCUT2D eigenvalue weighted by Gasteiger charge is 2.14. The third-order valence-corrected chi connectivity index (χ3v) is 2.86. The van der Waals surface area contributed by atoms with Crippen molar-refractivity contribution in [2.45, 2.75) is 0 Å². The van der Waals surface area contributed by atoms with Gasteiger partial charge in [-0.3, -0.25) is 4.79 Å². The molecule has 21 heavy (non-hydrogen) atoms. The first-order chi connectivity index (χ1) is 10.0. The van der Waals surface area contributed by atoms with Crippen molar-refractivity contribution < 1.29 is 9.18 Å². The largest absolute Gasteiger partial charge is 0.321 e. The maximum absolute atomic E-state index is 13.2. The molecule has 0 saturated heterocycles. The Morgan fingerprint density at radius 3 is 2.81 bits per heavy atom. The van der Waals surface area contributed by atoms with Crippen LogP contribution in [0, 0.1) is 17.1 Å². The lowest BCUT2D eigenvalue weighted by molar-refractivity contribution is 0.102. The van der Waals surface area contributed by atoms with Crippen LogP contribution in [-0.2, 0) is 0 Å². The number of halogens is 2. The minimum atomic E-state index is -0.666. The molecule has 0 radical (unpaired) electrons. The molecule has 0 aliphatic carbocycles. The molecule has 0 unspecified atom stereocenters. The first-order valence-corrected chi connectivity index (χ1v) is 6.07. The molecule has 1 amide bonds. The standard InChI is InChI=1S/C13H9ClFN5O/c14-9-2-4-11(20-17)19-12(9)13(21)18-8-1-3-10(15)7(5-8)6-16/h1-5H,17H2,(H,18,21)(H,19,20). The van der Waals surface area contributed by atoms with Gasteiger partial charge in [0.05, 0.1) is 10.6 Å². The van der Waals surface area contributed by atoms with Gasteiger partial charge in [0, 0.05) is 5.69 Å². The normalized spacial score (nSPS) is 9.81. The maximum Gasteiger partial charge on any atom is 0.275 e. The number of carbonyl (C=O) groups excluding carboxylic acids is 1. The van der Waals surface area contributed by atoms with Crippen LogP contribution in [-0.4, -0.2) is 10.9 Å². The van der Waals surface area contributed by atoms with E-state index in [-0.39, 0.29) is 27.8 Å². The number of amides is 1. The zero-order valence-electron chi connectivity index (χ0n) is 10.5. The van der Waals surface area contributed by atoms with Crippen molar-refractivity contribution in [3.8, 4) is 6.07 Å². The molecule has 0 fully saturated rings. The Morgan fingerprint density at radius 2 is 2.14 bits per heavy atom. The third-order valence-electron chi connectivity index (χ3n) is 2.55. The fourth-order valence-corrected chi connectivity index (χ4v) is 1.75. The van der Waals surface area contributed by atoms with Gasteiger partial charge in [0.25, 0.3) is 5.91 Å². The van der Waals surface area contributed by atoms with Crippen molar-refractivity contribution in [2.75, 3.05) is 10.7 Å². The minimum absolute atomic E-state index is 0.0463. The molecule has 2 rings (SSSR count). The fourth-order valence-electron chi connectivity index (χ4n) is 1.56. The summed E-state index contributed by atoms with van der Waals surface area (Å²) in [4.78, 5) is 16.0. The van der Waals surface area contributed by atoms with Gasteiger partial charge in [-0.05, 0) is 30.3 Å². The van der Waals surface area contributed by atoms with E-state index in [0.29, 0.717) is 0 Å². The molecule has 1 aromatic carbocycles. The monoisotopic (exact) mass is 305 g/mol. The predicted molar refractivity (Wildman–Crippen MR) is 76.1 cm³/mol. The Balaban J connectivity index is 2.28. The molecule has 2 aromatic rings. The highest BCUT2D eigenvalue weighted by molar-refractivity contribution is 6.34. The van der Waals surface area contributed by atoms with Gasteiger partial charge in [-0.25, -0.2) is 15.2 Å². The van der Waals surface area contributed by atoms with E-state index < -0.39 is 11.7 Å². The van der Waals surface area contributed by atoms with Crippen molar-refractivity contribution in [2.24, 2.45) is 5.84 Å². The van der Waals surface area contributed by atoms with E-state index in [9.17, 15) is 9.18 Å². The number of benzene rings is 1. The number of nitrogens with one attached hydrogen (secondary N) is 2. The number of hydrogen-bond donors (Lipinski definition) is 3. The van der Waals surface area contributed by atoms with Crippen LogP contribution < -0.4 is 16.6 Å². The summed E-state index contributed by atoms with van der Waals surface area (Å²) in [7, 11) is 0. The van der Waals surface area contributed by atoms with E-state index in [1.165, 1.54) is 24.3 Å². The molecule has 0 saturated carbocycles. The number of nitriles is 1. The summed E-state index contributed by atoms with van der Waals surface area (Å²) in [6.07, 6.45) is 0. The van der Waals surface area contributed by atoms with Gasteiger partial charge >= 0.3 is 0 Å². The molecule has 0 aliphatic heterocycles. The number of hydrogen-bond acceptors (Lipinski definition) is 5. The minimum Gasteiger partial charge on any atom is -0.321 e. The van der Waals surface area contributed by atoms with Crippen LogP contribution in [0.3, 0.4) is 0 Å². The molecular weight excluding hydrogens is 297 g/mol. The highest BCUT2D eigenvalue weighted by Crippen LogP contribution is 2.19. The average Bonchev–Trinajstić information content (AvgIpc) is 2.49. The van der Waals surface area contributed by atoms with Gasteiger partial charge in [0.2, 0.25) is 0 Å². The zero-order chi connectivity index (χ0) is 15.4. The predicted octanol–water partition coefficient (Wildman–Crippen LogP) is 2.28. The second kappa shape index (κ2) is 6.17. The number of nitrogens with zero attached hydrogens (tertiary/aromatic N) is 2. The molecular formula is C13H9ClFN5O. The van der Waals surface area contributed by atoms with Crippen molar-refractivity contribution in [1.29, 1.82) is 5.26 Å². The van der Waals surface area contributed by atoms with E-state index >= 15 is 0 Å². The van der Waals surface area contributed by atoms with Crippen LogP contribution in [0.4, 0.5) is 15.9 Å². The first kappa shape index (κ1) is 14.7. The van der Waals surface area contributed by atoms with Crippen LogP contribution in [0.15, 0.2) is 30.3 Å². The summed E-state index contributed by atoms with van der Waals surface area (Å²) in [5.41, 5.74) is 2.33. The fraction of sp³-hybridized carbons (Fsp3) is 0. The lowest BCUT2D eigenvalue weighted by Crippen LogP contribution is -2.17. The summed E-state index contributed by atoms with van der Waals surface area (Å²) in [5.74, 6) is 4.21. The molecule has 4 N–H and O–H groups in total. The van der Waals surface area contributed by atoms with E-state index in [2.05, 4.69) is 15.7 Å².